The zero-order valence-corrected chi connectivity index (χ0v) is 16.3. The van der Waals surface area contributed by atoms with Crippen molar-refractivity contribution >= 4 is 5.91 Å². The van der Waals surface area contributed by atoms with E-state index in [1.165, 1.54) is 18.4 Å². The maximum Gasteiger partial charge on any atom is 0.223 e. The molecule has 2 heteroatoms. The molecule has 2 aliphatic rings. The van der Waals surface area contributed by atoms with Crippen molar-refractivity contribution < 1.29 is 4.79 Å². The third kappa shape index (κ3) is 4.00. The van der Waals surface area contributed by atoms with Crippen molar-refractivity contribution in [3.63, 3.8) is 0 Å². The second kappa shape index (κ2) is 6.99. The summed E-state index contributed by atoms with van der Waals surface area (Å²) >= 11 is 0. The number of carbonyl (C=O) groups excluding carboxylic acids is 1. The lowest BCUT2D eigenvalue weighted by Crippen LogP contribution is -2.55. The van der Waals surface area contributed by atoms with Crippen molar-refractivity contribution in [2.24, 2.45) is 35.0 Å². The normalized spacial score (nSPS) is 36.3. The molecule has 132 valence electrons. The minimum Gasteiger partial charge on any atom is -0.353 e. The summed E-state index contributed by atoms with van der Waals surface area (Å²) in [7, 11) is 0. The number of nitrogens with one attached hydrogen (secondary N) is 1. The van der Waals surface area contributed by atoms with Crippen LogP contribution >= 0.6 is 0 Å². The molecule has 2 saturated carbocycles. The first-order chi connectivity index (χ1) is 10.6. The quantitative estimate of drug-likeness (QED) is 0.710. The van der Waals surface area contributed by atoms with Crippen LogP contribution in [0, 0.1) is 35.0 Å². The summed E-state index contributed by atoms with van der Waals surface area (Å²) in [5.41, 5.74) is 1.46. The van der Waals surface area contributed by atoms with Gasteiger partial charge in [0.1, 0.15) is 0 Å². The Bertz CT molecular complexity index is 458. The molecule has 0 aliphatic heterocycles. The van der Waals surface area contributed by atoms with Crippen molar-refractivity contribution in [1.29, 1.82) is 0 Å². The first-order valence-electron chi connectivity index (χ1n) is 9.58. The molecule has 2 fully saturated rings. The van der Waals surface area contributed by atoms with Gasteiger partial charge in [-0.15, -0.1) is 0 Å². The van der Waals surface area contributed by atoms with Crippen LogP contribution in [0.1, 0.15) is 74.1 Å². The molecule has 0 bridgehead atoms. The molecule has 5 atom stereocenters. The Balaban J connectivity index is 2.00. The van der Waals surface area contributed by atoms with Crippen molar-refractivity contribution in [3.05, 3.63) is 11.6 Å². The maximum absolute atomic E-state index is 12.9. The molecule has 23 heavy (non-hydrogen) atoms. The summed E-state index contributed by atoms with van der Waals surface area (Å²) in [6.07, 6.45) is 7.09. The van der Waals surface area contributed by atoms with Gasteiger partial charge >= 0.3 is 0 Å². The van der Waals surface area contributed by atoms with Crippen molar-refractivity contribution in [3.8, 4) is 0 Å². The Hall–Kier alpha value is -0.790. The lowest BCUT2D eigenvalue weighted by molar-refractivity contribution is -0.139. The summed E-state index contributed by atoms with van der Waals surface area (Å²) < 4.78 is 0. The molecule has 1 amide bonds. The van der Waals surface area contributed by atoms with Crippen LogP contribution < -0.4 is 5.32 Å². The van der Waals surface area contributed by atoms with Gasteiger partial charge in [-0.1, -0.05) is 52.7 Å². The smallest absolute Gasteiger partial charge is 0.223 e. The molecular formula is C21H37NO. The molecule has 1 N–H and O–H groups in total. The predicted molar refractivity (Wildman–Crippen MR) is 98.1 cm³/mol. The molecule has 0 saturated heterocycles. The topological polar surface area (TPSA) is 29.1 Å². The summed E-state index contributed by atoms with van der Waals surface area (Å²) in [6.45, 7) is 15.8. The van der Waals surface area contributed by atoms with Gasteiger partial charge in [0.15, 0.2) is 0 Å². The van der Waals surface area contributed by atoms with E-state index >= 15 is 0 Å². The maximum atomic E-state index is 12.9. The molecule has 2 rings (SSSR count). The highest BCUT2D eigenvalue weighted by Gasteiger charge is 2.51. The second-order valence-corrected chi connectivity index (χ2v) is 9.40. The molecule has 0 radical (unpaired) electrons. The van der Waals surface area contributed by atoms with Gasteiger partial charge < -0.3 is 5.32 Å². The largest absolute Gasteiger partial charge is 0.353 e. The fraction of sp³-hybridized carbons (Fsp3) is 0.857. The van der Waals surface area contributed by atoms with Crippen LogP contribution in [0.15, 0.2) is 11.6 Å². The molecule has 0 aromatic rings. The minimum atomic E-state index is 0.0922. The molecule has 2 aliphatic carbocycles. The average Bonchev–Trinajstić information content (AvgIpc) is 2.42. The Kier molecular flexibility index (Phi) is 5.63. The van der Waals surface area contributed by atoms with Crippen LogP contribution in [0.5, 0.6) is 0 Å². The fourth-order valence-electron chi connectivity index (χ4n) is 4.74. The lowest BCUT2D eigenvalue weighted by Gasteiger charge is -2.51. The Morgan fingerprint density at radius 2 is 1.83 bits per heavy atom. The van der Waals surface area contributed by atoms with Gasteiger partial charge in [0.2, 0.25) is 5.91 Å². The van der Waals surface area contributed by atoms with Gasteiger partial charge in [-0.25, -0.2) is 0 Å². The number of rotatable bonds is 4. The number of allylic oxidation sites excluding steroid dienone is 2. The third-order valence-corrected chi connectivity index (χ3v) is 6.54. The number of carbonyl (C=O) groups is 1. The molecule has 0 aromatic carbocycles. The van der Waals surface area contributed by atoms with E-state index in [2.05, 4.69) is 59.9 Å². The van der Waals surface area contributed by atoms with E-state index < -0.39 is 0 Å². The van der Waals surface area contributed by atoms with Gasteiger partial charge in [0.05, 0.1) is 0 Å². The van der Waals surface area contributed by atoms with E-state index in [1.54, 1.807) is 0 Å². The highest BCUT2D eigenvalue weighted by atomic mass is 16.2. The monoisotopic (exact) mass is 319 g/mol. The predicted octanol–water partition coefficient (Wildman–Crippen LogP) is 5.19. The molecule has 0 spiro atoms. The van der Waals surface area contributed by atoms with E-state index in [4.69, 9.17) is 0 Å². The molecule has 0 unspecified atom stereocenters. The van der Waals surface area contributed by atoms with E-state index in [9.17, 15) is 4.79 Å². The van der Waals surface area contributed by atoms with Crippen molar-refractivity contribution in [2.45, 2.75) is 80.2 Å². The van der Waals surface area contributed by atoms with Crippen LogP contribution in [0.3, 0.4) is 0 Å². The highest BCUT2D eigenvalue weighted by molar-refractivity contribution is 5.81. The highest BCUT2D eigenvalue weighted by Crippen LogP contribution is 2.52. The summed E-state index contributed by atoms with van der Waals surface area (Å²) in [6, 6.07) is 0.379. The molecule has 0 aromatic heterocycles. The first-order valence-corrected chi connectivity index (χ1v) is 9.58. The van der Waals surface area contributed by atoms with Gasteiger partial charge in [0, 0.05) is 12.0 Å². The zero-order chi connectivity index (χ0) is 17.4. The minimum absolute atomic E-state index is 0.0922. The Morgan fingerprint density at radius 3 is 2.35 bits per heavy atom. The summed E-state index contributed by atoms with van der Waals surface area (Å²) in [5.74, 6) is 3.07. The number of amides is 1. The van der Waals surface area contributed by atoms with Gasteiger partial charge in [0.25, 0.3) is 0 Å². The van der Waals surface area contributed by atoms with Gasteiger partial charge in [-0.2, -0.15) is 0 Å². The van der Waals surface area contributed by atoms with Crippen LogP contribution in [-0.4, -0.2) is 11.9 Å². The average molecular weight is 320 g/mol. The molecule has 0 heterocycles. The molecular weight excluding hydrogens is 282 g/mol. The van der Waals surface area contributed by atoms with E-state index in [0.29, 0.717) is 29.7 Å². The first kappa shape index (κ1) is 18.5. The van der Waals surface area contributed by atoms with Gasteiger partial charge in [-0.05, 0) is 62.2 Å². The Labute approximate surface area is 143 Å². The molecule has 2 nitrogen and oxygen atoms in total. The van der Waals surface area contributed by atoms with Crippen LogP contribution in [0.25, 0.3) is 0 Å². The van der Waals surface area contributed by atoms with Crippen molar-refractivity contribution in [1.82, 2.24) is 5.32 Å². The standard InChI is InChI=1S/C21H37NO/c1-13(2)10-16-12-18(21(16,6)7)20(23)22-19-11-15(5)8-9-17(19)14(3)4/h10,14-19H,8-9,11-12H2,1-7H3,(H,22,23)/t15-,16-,17+,18+,19+/m0/s1. The summed E-state index contributed by atoms with van der Waals surface area (Å²) in [4.78, 5) is 12.9. The number of hydrogen-bond donors (Lipinski definition) is 1. The van der Waals surface area contributed by atoms with Crippen molar-refractivity contribution in [2.75, 3.05) is 0 Å². The summed E-state index contributed by atoms with van der Waals surface area (Å²) in [5, 5.41) is 3.45. The van der Waals surface area contributed by atoms with E-state index in [0.717, 1.165) is 18.8 Å². The van der Waals surface area contributed by atoms with Crippen LogP contribution in [0.4, 0.5) is 0 Å². The zero-order valence-electron chi connectivity index (χ0n) is 16.3. The van der Waals surface area contributed by atoms with Gasteiger partial charge in [-0.3, -0.25) is 4.79 Å². The van der Waals surface area contributed by atoms with Crippen LogP contribution in [-0.2, 0) is 4.79 Å². The van der Waals surface area contributed by atoms with E-state index in [-0.39, 0.29) is 11.3 Å². The second-order valence-electron chi connectivity index (χ2n) is 9.40. The van der Waals surface area contributed by atoms with Crippen LogP contribution in [0.2, 0.25) is 0 Å². The Morgan fingerprint density at radius 1 is 1.17 bits per heavy atom. The fourth-order valence-corrected chi connectivity index (χ4v) is 4.74. The number of hydrogen-bond acceptors (Lipinski definition) is 1. The third-order valence-electron chi connectivity index (χ3n) is 6.54. The van der Waals surface area contributed by atoms with E-state index in [1.807, 2.05) is 0 Å². The lowest BCUT2D eigenvalue weighted by atomic mass is 9.54. The SMILES string of the molecule is CC(C)=C[C@H]1C[C@H](C(=O)N[C@@H]2C[C@@H](C)CC[C@@H]2C(C)C)C1(C)C.